The van der Waals surface area contributed by atoms with Gasteiger partial charge in [0.05, 0.1) is 0 Å². The number of nitrogen functional groups attached to an aromatic ring is 1. The number of anilines is 2. The van der Waals surface area contributed by atoms with Crippen LogP contribution in [0.25, 0.3) is 0 Å². The zero-order valence-electron chi connectivity index (χ0n) is 6.99. The van der Waals surface area contributed by atoms with Crippen LogP contribution in [-0.2, 0) is 0 Å². The minimum absolute atomic E-state index is 0.653. The van der Waals surface area contributed by atoms with Gasteiger partial charge in [-0.25, -0.2) is 4.98 Å². The largest absolute Gasteiger partial charge is 0.383 e. The summed E-state index contributed by atoms with van der Waals surface area (Å²) in [4.78, 5) is 6.58. The second-order valence-corrected chi connectivity index (χ2v) is 3.94. The number of hydrogen-bond acceptors (Lipinski definition) is 4. The van der Waals surface area contributed by atoms with Crippen LogP contribution < -0.4 is 10.6 Å². The molecule has 3 nitrogen and oxygen atoms in total. The quantitative estimate of drug-likeness (QED) is 0.720. The van der Waals surface area contributed by atoms with Crippen LogP contribution in [0.1, 0.15) is 19.3 Å². The summed E-state index contributed by atoms with van der Waals surface area (Å²) in [6.45, 7) is 2.29. The first-order valence-electron chi connectivity index (χ1n) is 4.32. The molecule has 1 aromatic rings. The third-order valence-corrected chi connectivity index (χ3v) is 3.06. The molecule has 1 aliphatic heterocycles. The maximum absolute atomic E-state index is 5.56. The van der Waals surface area contributed by atoms with Gasteiger partial charge in [-0.1, -0.05) is 0 Å². The highest BCUT2D eigenvalue weighted by atomic mass is 32.1. The molecule has 66 valence electrons. The molecule has 12 heavy (non-hydrogen) atoms. The monoisotopic (exact) mass is 183 g/mol. The van der Waals surface area contributed by atoms with Crippen LogP contribution >= 0.6 is 11.3 Å². The van der Waals surface area contributed by atoms with E-state index in [1.54, 1.807) is 11.3 Å². The second-order valence-electron chi connectivity index (χ2n) is 3.10. The minimum Gasteiger partial charge on any atom is -0.383 e. The van der Waals surface area contributed by atoms with Gasteiger partial charge in [0.1, 0.15) is 5.82 Å². The van der Waals surface area contributed by atoms with Crippen molar-refractivity contribution in [2.24, 2.45) is 0 Å². The topological polar surface area (TPSA) is 42.1 Å². The third kappa shape index (κ3) is 1.53. The molecule has 1 aliphatic rings. The van der Waals surface area contributed by atoms with Crippen LogP contribution in [0, 0.1) is 0 Å². The van der Waals surface area contributed by atoms with E-state index < -0.39 is 0 Å². The molecule has 0 spiro atoms. The summed E-state index contributed by atoms with van der Waals surface area (Å²) in [6.07, 6.45) is 3.94. The fourth-order valence-corrected chi connectivity index (χ4v) is 2.28. The molecular weight excluding hydrogens is 170 g/mol. The molecule has 1 fully saturated rings. The van der Waals surface area contributed by atoms with Gasteiger partial charge in [-0.15, -0.1) is 11.3 Å². The number of rotatable bonds is 1. The molecule has 0 amide bonds. The van der Waals surface area contributed by atoms with Crippen molar-refractivity contribution in [1.82, 2.24) is 4.98 Å². The summed E-state index contributed by atoms with van der Waals surface area (Å²) in [5.74, 6) is 0.653. The molecule has 0 unspecified atom stereocenters. The average Bonchev–Trinajstić information content (AvgIpc) is 2.54. The Hall–Kier alpha value is -0.770. The minimum atomic E-state index is 0.653. The van der Waals surface area contributed by atoms with Gasteiger partial charge in [-0.2, -0.15) is 0 Å². The van der Waals surface area contributed by atoms with Gasteiger partial charge < -0.3 is 10.6 Å². The fraction of sp³-hybridized carbons (Fsp3) is 0.625. The molecule has 0 radical (unpaired) electrons. The summed E-state index contributed by atoms with van der Waals surface area (Å²) in [7, 11) is 0. The predicted octanol–water partition coefficient (Wildman–Crippen LogP) is 1.72. The van der Waals surface area contributed by atoms with Crippen molar-refractivity contribution in [1.29, 1.82) is 0 Å². The van der Waals surface area contributed by atoms with Gasteiger partial charge in [0, 0.05) is 18.5 Å². The van der Waals surface area contributed by atoms with Crippen LogP contribution in [0.2, 0.25) is 0 Å². The van der Waals surface area contributed by atoms with Crippen LogP contribution in [0.3, 0.4) is 0 Å². The van der Waals surface area contributed by atoms with Gasteiger partial charge in [-0.05, 0) is 19.3 Å². The molecule has 0 saturated carbocycles. The van der Waals surface area contributed by atoms with Crippen LogP contribution in [0.4, 0.5) is 10.9 Å². The maximum atomic E-state index is 5.56. The Morgan fingerprint density at radius 2 is 2.08 bits per heavy atom. The van der Waals surface area contributed by atoms with E-state index in [4.69, 9.17) is 5.73 Å². The molecular formula is C8H13N3S. The van der Waals surface area contributed by atoms with Crippen LogP contribution in [-0.4, -0.2) is 18.1 Å². The van der Waals surface area contributed by atoms with Crippen molar-refractivity contribution in [2.45, 2.75) is 19.3 Å². The maximum Gasteiger partial charge on any atom is 0.187 e. The van der Waals surface area contributed by atoms with Gasteiger partial charge >= 0.3 is 0 Å². The molecule has 4 heteroatoms. The summed E-state index contributed by atoms with van der Waals surface area (Å²) in [6, 6.07) is 0. The summed E-state index contributed by atoms with van der Waals surface area (Å²) in [5, 5.41) is 3.00. The Morgan fingerprint density at radius 3 is 2.67 bits per heavy atom. The first-order valence-corrected chi connectivity index (χ1v) is 5.20. The first-order chi connectivity index (χ1) is 5.86. The summed E-state index contributed by atoms with van der Waals surface area (Å²) in [5.41, 5.74) is 5.56. The number of piperidine rings is 1. The lowest BCUT2D eigenvalue weighted by molar-refractivity contribution is 0.577. The molecule has 0 bridgehead atoms. The fourth-order valence-electron chi connectivity index (χ4n) is 1.51. The lowest BCUT2D eigenvalue weighted by Gasteiger charge is -2.25. The Bertz CT molecular complexity index is 253. The van der Waals surface area contributed by atoms with E-state index in [9.17, 15) is 0 Å². The van der Waals surface area contributed by atoms with E-state index in [2.05, 4.69) is 9.88 Å². The Balaban J connectivity index is 2.08. The molecule has 2 N–H and O–H groups in total. The zero-order chi connectivity index (χ0) is 8.39. The molecule has 0 atom stereocenters. The number of thiazole rings is 1. The smallest absolute Gasteiger partial charge is 0.187 e. The highest BCUT2D eigenvalue weighted by molar-refractivity contribution is 7.14. The lowest BCUT2D eigenvalue weighted by atomic mass is 10.1. The second kappa shape index (κ2) is 3.31. The Labute approximate surface area is 76.2 Å². The number of nitrogens with two attached hydrogens (primary N) is 1. The molecule has 0 aromatic carbocycles. The van der Waals surface area contributed by atoms with E-state index >= 15 is 0 Å². The van der Waals surface area contributed by atoms with Crippen molar-refractivity contribution in [3.63, 3.8) is 0 Å². The van der Waals surface area contributed by atoms with Crippen LogP contribution in [0.15, 0.2) is 5.38 Å². The predicted molar refractivity (Wildman–Crippen MR) is 52.6 cm³/mol. The van der Waals surface area contributed by atoms with E-state index in [-0.39, 0.29) is 0 Å². The Morgan fingerprint density at radius 1 is 1.33 bits per heavy atom. The average molecular weight is 183 g/mol. The highest BCUT2D eigenvalue weighted by Gasteiger charge is 2.13. The van der Waals surface area contributed by atoms with E-state index in [1.807, 2.05) is 5.38 Å². The van der Waals surface area contributed by atoms with Crippen molar-refractivity contribution < 1.29 is 0 Å². The van der Waals surface area contributed by atoms with Gasteiger partial charge in [-0.3, -0.25) is 0 Å². The number of nitrogens with zero attached hydrogens (tertiary/aromatic N) is 2. The normalized spacial score (nSPS) is 18.2. The first kappa shape index (κ1) is 7.86. The van der Waals surface area contributed by atoms with Crippen molar-refractivity contribution in [3.8, 4) is 0 Å². The van der Waals surface area contributed by atoms with Crippen molar-refractivity contribution in [3.05, 3.63) is 5.38 Å². The van der Waals surface area contributed by atoms with E-state index in [1.165, 1.54) is 19.3 Å². The highest BCUT2D eigenvalue weighted by Crippen LogP contribution is 2.24. The number of hydrogen-bond donors (Lipinski definition) is 1. The van der Waals surface area contributed by atoms with Crippen molar-refractivity contribution >= 4 is 22.3 Å². The molecule has 2 rings (SSSR count). The zero-order valence-corrected chi connectivity index (χ0v) is 7.81. The number of aromatic nitrogens is 1. The summed E-state index contributed by atoms with van der Waals surface area (Å²) < 4.78 is 0. The standard InChI is InChI=1S/C8H13N3S/c9-7-6-12-8(10-7)11-4-2-1-3-5-11/h6H,1-5,9H2. The Kier molecular flexibility index (Phi) is 2.17. The SMILES string of the molecule is Nc1csc(N2CCCCC2)n1. The molecule has 1 saturated heterocycles. The molecule has 0 aliphatic carbocycles. The molecule has 2 heterocycles. The van der Waals surface area contributed by atoms with E-state index in [0.29, 0.717) is 5.82 Å². The molecule has 1 aromatic heterocycles. The lowest BCUT2D eigenvalue weighted by Crippen LogP contribution is -2.29. The van der Waals surface area contributed by atoms with Gasteiger partial charge in [0.25, 0.3) is 0 Å². The van der Waals surface area contributed by atoms with Crippen molar-refractivity contribution in [2.75, 3.05) is 23.7 Å². The van der Waals surface area contributed by atoms with Gasteiger partial charge in [0.2, 0.25) is 0 Å². The van der Waals surface area contributed by atoms with E-state index in [0.717, 1.165) is 18.2 Å². The van der Waals surface area contributed by atoms with Crippen LogP contribution in [0.5, 0.6) is 0 Å². The summed E-state index contributed by atoms with van der Waals surface area (Å²) >= 11 is 1.65. The third-order valence-electron chi connectivity index (χ3n) is 2.14. The van der Waals surface area contributed by atoms with Gasteiger partial charge in [0.15, 0.2) is 5.13 Å².